The molecule has 2 aromatic heterocycles. The molecule has 2 aromatic rings. The lowest BCUT2D eigenvalue weighted by Gasteiger charge is -2.32. The van der Waals surface area contributed by atoms with Crippen molar-refractivity contribution in [2.24, 2.45) is 0 Å². The monoisotopic (exact) mass is 683 g/mol. The fourth-order valence-corrected chi connectivity index (χ4v) is 3.81. The second kappa shape index (κ2) is 17.3. The number of nitrogens with zero attached hydrogens (tertiary/aromatic N) is 3. The molecule has 4 rings (SSSR count). The third-order valence-corrected chi connectivity index (χ3v) is 5.64. The third kappa shape index (κ3) is 13.7. The fourth-order valence-electron chi connectivity index (χ4n) is 3.81. The normalized spacial score (nSPS) is 19.4. The lowest BCUT2D eigenvalue weighted by Crippen LogP contribution is -2.42. The molecule has 0 amide bonds. The van der Waals surface area contributed by atoms with E-state index in [1.807, 2.05) is 24.3 Å². The molecule has 2 aliphatic rings. The topological polar surface area (TPSA) is 169 Å². The molecule has 2 saturated heterocycles. The van der Waals surface area contributed by atoms with Crippen LogP contribution in [0.1, 0.15) is 18.4 Å². The number of hydrogen-bond donors (Lipinski definition) is 3. The van der Waals surface area contributed by atoms with Gasteiger partial charge in [0.1, 0.15) is 12.2 Å². The first-order chi connectivity index (χ1) is 21.2. The van der Waals surface area contributed by atoms with Crippen molar-refractivity contribution in [3.63, 3.8) is 0 Å². The van der Waals surface area contributed by atoms with Crippen LogP contribution in [0.4, 0.5) is 39.5 Å². The predicted molar refractivity (Wildman–Crippen MR) is 134 cm³/mol. The van der Waals surface area contributed by atoms with Gasteiger partial charge in [-0.25, -0.2) is 24.4 Å². The molecule has 258 valence electrons. The largest absolute Gasteiger partial charge is 0.490 e. The molecule has 4 heterocycles. The molecule has 0 bridgehead atoms. The van der Waals surface area contributed by atoms with Crippen molar-refractivity contribution in [1.29, 1.82) is 0 Å². The van der Waals surface area contributed by atoms with Gasteiger partial charge in [-0.3, -0.25) is 4.90 Å². The van der Waals surface area contributed by atoms with E-state index < -0.39 is 36.4 Å². The van der Waals surface area contributed by atoms with Crippen LogP contribution in [0, 0.1) is 0 Å². The first kappa shape index (κ1) is 39.6. The summed E-state index contributed by atoms with van der Waals surface area (Å²) >= 11 is 0. The van der Waals surface area contributed by atoms with Gasteiger partial charge in [-0.15, -0.1) is 0 Å². The fraction of sp³-hybridized carbons (Fsp3) is 0.480. The molecular formula is C25H26F9N3O9. The summed E-state index contributed by atoms with van der Waals surface area (Å²) in [5.41, 5.74) is 1.09. The summed E-state index contributed by atoms with van der Waals surface area (Å²) in [6, 6.07) is 10.1. The number of fused-ring (bicyclic) bond motifs is 1. The number of carboxylic acid groups (broad SMARTS) is 3. The van der Waals surface area contributed by atoms with Gasteiger partial charge >= 0.3 is 36.4 Å². The smallest absolute Gasteiger partial charge is 0.481 e. The molecule has 3 atom stereocenters. The van der Waals surface area contributed by atoms with Crippen LogP contribution < -0.4 is 9.47 Å². The van der Waals surface area contributed by atoms with Crippen LogP contribution >= 0.6 is 0 Å². The maximum absolute atomic E-state index is 10.6. The van der Waals surface area contributed by atoms with Gasteiger partial charge in [0, 0.05) is 49.8 Å². The van der Waals surface area contributed by atoms with E-state index in [0.29, 0.717) is 17.8 Å². The number of hydrogen-bond acceptors (Lipinski definition) is 9. The second-order valence-corrected chi connectivity index (χ2v) is 8.88. The van der Waals surface area contributed by atoms with E-state index in [4.69, 9.17) is 43.9 Å². The Balaban J connectivity index is 0.000000413. The van der Waals surface area contributed by atoms with Crippen molar-refractivity contribution in [2.75, 3.05) is 20.3 Å². The molecule has 2 fully saturated rings. The highest BCUT2D eigenvalue weighted by Crippen LogP contribution is 2.33. The Morgan fingerprint density at radius 2 is 1.39 bits per heavy atom. The molecule has 46 heavy (non-hydrogen) atoms. The summed E-state index contributed by atoms with van der Waals surface area (Å²) in [5, 5.41) is 21.4. The van der Waals surface area contributed by atoms with Crippen LogP contribution in [-0.4, -0.2) is 105 Å². The van der Waals surface area contributed by atoms with Gasteiger partial charge in [-0.1, -0.05) is 12.1 Å². The lowest BCUT2D eigenvalue weighted by molar-refractivity contribution is -0.193. The van der Waals surface area contributed by atoms with E-state index in [0.717, 1.165) is 38.1 Å². The molecule has 0 spiro atoms. The van der Waals surface area contributed by atoms with Crippen molar-refractivity contribution in [2.45, 2.75) is 56.2 Å². The maximum Gasteiger partial charge on any atom is 0.490 e. The molecule has 2 aliphatic heterocycles. The SMILES string of the molecule is COc1ncccc1CN1C[C@H](Oc2ccccn2)[C@H]2OCCC[C@H]21.O=C(O)C(F)(F)F.O=C(O)C(F)(F)F.O=C(O)C(F)(F)F. The highest BCUT2D eigenvalue weighted by Gasteiger charge is 2.46. The minimum Gasteiger partial charge on any atom is -0.481 e. The van der Waals surface area contributed by atoms with Crippen LogP contribution in [0.3, 0.4) is 0 Å². The van der Waals surface area contributed by atoms with Crippen LogP contribution in [0.2, 0.25) is 0 Å². The molecule has 0 radical (unpaired) electrons. The number of pyridine rings is 2. The average Bonchev–Trinajstić information content (AvgIpc) is 3.30. The molecule has 0 saturated carbocycles. The minimum absolute atomic E-state index is 0.0112. The molecule has 0 aliphatic carbocycles. The predicted octanol–water partition coefficient (Wildman–Crippen LogP) is 4.20. The number of ether oxygens (including phenoxy) is 3. The van der Waals surface area contributed by atoms with Crippen molar-refractivity contribution in [1.82, 2.24) is 14.9 Å². The van der Waals surface area contributed by atoms with Crippen LogP contribution in [-0.2, 0) is 25.7 Å². The molecule has 3 N–H and O–H groups in total. The van der Waals surface area contributed by atoms with Gasteiger partial charge in [0.2, 0.25) is 11.8 Å². The number of halogens is 9. The van der Waals surface area contributed by atoms with Crippen LogP contribution in [0.15, 0.2) is 42.7 Å². The average molecular weight is 683 g/mol. The Morgan fingerprint density at radius 1 is 0.870 bits per heavy atom. The van der Waals surface area contributed by atoms with E-state index in [1.54, 1.807) is 19.5 Å². The maximum atomic E-state index is 10.6. The van der Waals surface area contributed by atoms with Gasteiger partial charge < -0.3 is 29.5 Å². The quantitative estimate of drug-likeness (QED) is 0.385. The number of alkyl halides is 9. The van der Waals surface area contributed by atoms with E-state index in [9.17, 15) is 39.5 Å². The number of likely N-dealkylation sites (tertiary alicyclic amines) is 1. The van der Waals surface area contributed by atoms with Crippen molar-refractivity contribution >= 4 is 17.9 Å². The highest BCUT2D eigenvalue weighted by atomic mass is 19.4. The Morgan fingerprint density at radius 3 is 1.85 bits per heavy atom. The molecule has 0 aromatic carbocycles. The second-order valence-electron chi connectivity index (χ2n) is 8.88. The van der Waals surface area contributed by atoms with E-state index in [2.05, 4.69) is 20.9 Å². The van der Waals surface area contributed by atoms with E-state index in [1.165, 1.54) is 0 Å². The summed E-state index contributed by atoms with van der Waals surface area (Å²) in [4.78, 5) is 37.7. The van der Waals surface area contributed by atoms with E-state index >= 15 is 0 Å². The van der Waals surface area contributed by atoms with Crippen molar-refractivity contribution in [3.05, 3.63) is 48.3 Å². The molecular weight excluding hydrogens is 657 g/mol. The van der Waals surface area contributed by atoms with Crippen LogP contribution in [0.25, 0.3) is 0 Å². The number of carbonyl (C=O) groups is 3. The van der Waals surface area contributed by atoms with Gasteiger partial charge in [-0.05, 0) is 25.0 Å². The van der Waals surface area contributed by atoms with Gasteiger partial charge in [-0.2, -0.15) is 39.5 Å². The van der Waals surface area contributed by atoms with Crippen molar-refractivity contribution in [3.8, 4) is 11.8 Å². The number of carboxylic acids is 3. The third-order valence-electron chi connectivity index (χ3n) is 5.64. The molecule has 12 nitrogen and oxygen atoms in total. The molecule has 21 heteroatoms. The Kier molecular flexibility index (Phi) is 14.9. The van der Waals surface area contributed by atoms with E-state index in [-0.39, 0.29) is 12.2 Å². The summed E-state index contributed by atoms with van der Waals surface area (Å²) in [5.74, 6) is -6.93. The highest BCUT2D eigenvalue weighted by molar-refractivity contribution is 5.73. The molecule has 0 unspecified atom stereocenters. The van der Waals surface area contributed by atoms with Crippen LogP contribution in [0.5, 0.6) is 11.8 Å². The lowest BCUT2D eigenvalue weighted by atomic mass is 10.0. The zero-order chi connectivity index (χ0) is 35.3. The first-order valence-corrected chi connectivity index (χ1v) is 12.5. The summed E-state index contributed by atoms with van der Waals surface area (Å²) in [7, 11) is 1.66. The standard InChI is InChI=1S/C19H23N3O3.3C2HF3O2/c1-23-19-14(6-4-10-21-19)12-22-13-16(18-15(22)7-5-11-24-18)25-17-8-2-3-9-20-17;3*3-2(4,5)1(6)7/h2-4,6,8-10,15-16,18H,5,7,11-13H2,1H3;3*(H,6,7)/t15-,16+,18+;;;/m1.../s1. The van der Waals surface area contributed by atoms with Gasteiger partial charge in [0.25, 0.3) is 0 Å². The van der Waals surface area contributed by atoms with Crippen molar-refractivity contribution < 1.29 is 83.4 Å². The number of rotatable bonds is 5. The summed E-state index contributed by atoms with van der Waals surface area (Å²) in [6.07, 6.45) is -9.47. The minimum atomic E-state index is -5.08. The van der Waals surface area contributed by atoms with Gasteiger partial charge in [0.05, 0.1) is 7.11 Å². The zero-order valence-electron chi connectivity index (χ0n) is 23.3. The Labute approximate surface area is 253 Å². The van der Waals surface area contributed by atoms with Gasteiger partial charge in [0.15, 0.2) is 0 Å². The number of aromatic nitrogens is 2. The number of methoxy groups -OCH3 is 1. The first-order valence-electron chi connectivity index (χ1n) is 12.5. The summed E-state index contributed by atoms with van der Waals surface area (Å²) in [6.45, 7) is 2.39. The zero-order valence-corrected chi connectivity index (χ0v) is 23.3. The Bertz CT molecular complexity index is 1210. The Hall–Kier alpha value is -4.40. The summed E-state index contributed by atoms with van der Waals surface area (Å²) < 4.78 is 113. The number of aliphatic carboxylic acids is 3.